The summed E-state index contributed by atoms with van der Waals surface area (Å²) in [6.45, 7) is 0. The molecule has 3 heteroatoms. The first-order valence-corrected chi connectivity index (χ1v) is 5.47. The van der Waals surface area contributed by atoms with Crippen molar-refractivity contribution in [2.24, 2.45) is 10.7 Å². The zero-order valence-electron chi connectivity index (χ0n) is 8.86. The number of primary amides is 1. The van der Waals surface area contributed by atoms with E-state index < -0.39 is 0 Å². The van der Waals surface area contributed by atoms with E-state index in [0.29, 0.717) is 0 Å². The molecule has 0 bridgehead atoms. The molecule has 2 aliphatic rings. The van der Waals surface area contributed by atoms with Crippen LogP contribution < -0.4 is 5.73 Å². The van der Waals surface area contributed by atoms with Crippen molar-refractivity contribution in [3.05, 3.63) is 35.4 Å². The smallest absolute Gasteiger partial charge is 0.245 e. The molecule has 0 saturated heterocycles. The minimum Gasteiger partial charge on any atom is -0.366 e. The summed E-state index contributed by atoms with van der Waals surface area (Å²) in [5.41, 5.74) is 10.2. The standard InChI is InChI=1S/C13H12N2O/c14-13(16)9-5-3-7-11-12(9)8-4-1-2-6-10(8)15-11/h1-2,4,6H,3,5,7H2,(H2,14,16). The third-order valence-electron chi connectivity index (χ3n) is 3.16. The van der Waals surface area contributed by atoms with Gasteiger partial charge in [-0.05, 0) is 25.3 Å². The highest BCUT2D eigenvalue weighted by Gasteiger charge is 2.28. The van der Waals surface area contributed by atoms with E-state index in [4.69, 9.17) is 5.73 Å². The van der Waals surface area contributed by atoms with Gasteiger partial charge >= 0.3 is 0 Å². The summed E-state index contributed by atoms with van der Waals surface area (Å²) in [4.78, 5) is 16.0. The average molecular weight is 212 g/mol. The van der Waals surface area contributed by atoms with E-state index >= 15 is 0 Å². The normalized spacial score (nSPS) is 17.9. The van der Waals surface area contributed by atoms with E-state index in [2.05, 4.69) is 4.99 Å². The van der Waals surface area contributed by atoms with Gasteiger partial charge in [-0.25, -0.2) is 0 Å². The number of hydrogen-bond acceptors (Lipinski definition) is 2. The van der Waals surface area contributed by atoms with Gasteiger partial charge in [0.1, 0.15) is 0 Å². The van der Waals surface area contributed by atoms with Crippen LogP contribution in [-0.4, -0.2) is 11.6 Å². The van der Waals surface area contributed by atoms with Crippen LogP contribution in [0.3, 0.4) is 0 Å². The van der Waals surface area contributed by atoms with E-state index in [0.717, 1.165) is 47.4 Å². The Labute approximate surface area is 93.7 Å². The Bertz CT molecular complexity index is 541. The molecule has 0 aromatic heterocycles. The lowest BCUT2D eigenvalue weighted by Gasteiger charge is -2.16. The molecule has 3 nitrogen and oxygen atoms in total. The number of aliphatic imine (C=N–C) groups is 1. The molecule has 1 aromatic rings. The Morgan fingerprint density at radius 3 is 2.88 bits per heavy atom. The third kappa shape index (κ3) is 1.21. The molecule has 80 valence electrons. The molecule has 1 aliphatic carbocycles. The van der Waals surface area contributed by atoms with Crippen LogP contribution in [0.25, 0.3) is 5.57 Å². The molecule has 1 heterocycles. The average Bonchev–Trinajstić information content (AvgIpc) is 2.66. The largest absolute Gasteiger partial charge is 0.366 e. The summed E-state index contributed by atoms with van der Waals surface area (Å²) in [7, 11) is 0. The van der Waals surface area contributed by atoms with Crippen LogP contribution in [0, 0.1) is 0 Å². The van der Waals surface area contributed by atoms with Gasteiger partial charge in [0.05, 0.1) is 5.69 Å². The van der Waals surface area contributed by atoms with Gasteiger partial charge in [0.2, 0.25) is 5.91 Å². The summed E-state index contributed by atoms with van der Waals surface area (Å²) in [6, 6.07) is 7.92. The zero-order chi connectivity index (χ0) is 11.1. The number of hydrogen-bond donors (Lipinski definition) is 1. The molecule has 0 radical (unpaired) electrons. The number of nitrogens with two attached hydrogens (primary N) is 1. The molecule has 0 atom stereocenters. The van der Waals surface area contributed by atoms with E-state index in [1.807, 2.05) is 24.3 Å². The summed E-state index contributed by atoms with van der Waals surface area (Å²) in [5.74, 6) is -0.306. The Balaban J connectivity index is 2.27. The summed E-state index contributed by atoms with van der Waals surface area (Å²) in [5, 5.41) is 0. The first-order chi connectivity index (χ1) is 7.77. The lowest BCUT2D eigenvalue weighted by molar-refractivity contribution is -0.114. The quantitative estimate of drug-likeness (QED) is 0.762. The number of benzene rings is 1. The lowest BCUT2D eigenvalue weighted by Crippen LogP contribution is -2.20. The maximum absolute atomic E-state index is 11.4. The van der Waals surface area contributed by atoms with Crippen molar-refractivity contribution in [2.45, 2.75) is 19.3 Å². The van der Waals surface area contributed by atoms with Crippen molar-refractivity contribution in [1.82, 2.24) is 0 Å². The number of allylic oxidation sites excluding steroid dienone is 1. The predicted octanol–water partition coefficient (Wildman–Crippen LogP) is 2.20. The number of para-hydroxylation sites is 1. The topological polar surface area (TPSA) is 55.5 Å². The van der Waals surface area contributed by atoms with Gasteiger partial charge in [-0.1, -0.05) is 18.2 Å². The highest BCUT2D eigenvalue weighted by Crippen LogP contribution is 2.41. The molecule has 16 heavy (non-hydrogen) atoms. The Morgan fingerprint density at radius 1 is 1.25 bits per heavy atom. The molecule has 3 rings (SSSR count). The molecular formula is C13H12N2O. The number of nitrogens with zero attached hydrogens (tertiary/aromatic N) is 1. The Kier molecular flexibility index (Phi) is 1.93. The number of amides is 1. The highest BCUT2D eigenvalue weighted by atomic mass is 16.1. The molecule has 0 spiro atoms. The third-order valence-corrected chi connectivity index (χ3v) is 3.16. The fourth-order valence-corrected chi connectivity index (χ4v) is 2.46. The van der Waals surface area contributed by atoms with E-state index in [1.54, 1.807) is 0 Å². The summed E-state index contributed by atoms with van der Waals surface area (Å²) >= 11 is 0. The monoisotopic (exact) mass is 212 g/mol. The molecule has 0 saturated carbocycles. The molecule has 1 aromatic carbocycles. The van der Waals surface area contributed by atoms with Crippen molar-refractivity contribution < 1.29 is 4.79 Å². The lowest BCUT2D eigenvalue weighted by atomic mass is 9.87. The van der Waals surface area contributed by atoms with Crippen LogP contribution in [0.4, 0.5) is 5.69 Å². The second-order valence-electron chi connectivity index (χ2n) is 4.15. The van der Waals surface area contributed by atoms with Gasteiger partial charge < -0.3 is 5.73 Å². The Morgan fingerprint density at radius 2 is 2.06 bits per heavy atom. The van der Waals surface area contributed by atoms with Crippen molar-refractivity contribution in [3.8, 4) is 0 Å². The predicted molar refractivity (Wildman–Crippen MR) is 63.5 cm³/mol. The van der Waals surface area contributed by atoms with Crippen molar-refractivity contribution in [1.29, 1.82) is 0 Å². The maximum Gasteiger partial charge on any atom is 0.245 e. The van der Waals surface area contributed by atoms with Gasteiger partial charge in [0, 0.05) is 22.4 Å². The van der Waals surface area contributed by atoms with Gasteiger partial charge in [-0.2, -0.15) is 0 Å². The SMILES string of the molecule is NC(=O)C1=C2C(=Nc3ccccc32)CCC1. The first kappa shape index (κ1) is 9.33. The Hall–Kier alpha value is -1.90. The minimum absolute atomic E-state index is 0.306. The molecular weight excluding hydrogens is 200 g/mol. The van der Waals surface area contributed by atoms with Gasteiger partial charge in [0.15, 0.2) is 0 Å². The van der Waals surface area contributed by atoms with Crippen LogP contribution in [-0.2, 0) is 4.79 Å². The minimum atomic E-state index is -0.306. The van der Waals surface area contributed by atoms with Crippen LogP contribution in [0.5, 0.6) is 0 Å². The number of rotatable bonds is 1. The molecule has 0 fully saturated rings. The van der Waals surface area contributed by atoms with Crippen molar-refractivity contribution >= 4 is 22.9 Å². The zero-order valence-corrected chi connectivity index (χ0v) is 8.86. The van der Waals surface area contributed by atoms with Gasteiger partial charge in [-0.3, -0.25) is 9.79 Å². The van der Waals surface area contributed by atoms with Crippen LogP contribution >= 0.6 is 0 Å². The number of fused-ring (bicyclic) bond motifs is 3. The van der Waals surface area contributed by atoms with Gasteiger partial charge in [-0.15, -0.1) is 0 Å². The fourth-order valence-electron chi connectivity index (χ4n) is 2.46. The van der Waals surface area contributed by atoms with Crippen LogP contribution in [0.2, 0.25) is 0 Å². The molecule has 0 unspecified atom stereocenters. The number of carbonyl (C=O) groups excluding carboxylic acids is 1. The van der Waals surface area contributed by atoms with Crippen molar-refractivity contribution in [2.75, 3.05) is 0 Å². The van der Waals surface area contributed by atoms with E-state index in [9.17, 15) is 4.79 Å². The van der Waals surface area contributed by atoms with E-state index in [-0.39, 0.29) is 5.91 Å². The molecule has 1 amide bonds. The van der Waals surface area contributed by atoms with Crippen LogP contribution in [0.1, 0.15) is 24.8 Å². The second kappa shape index (κ2) is 3.30. The maximum atomic E-state index is 11.4. The fraction of sp³-hybridized carbons (Fsp3) is 0.231. The summed E-state index contributed by atoms with van der Waals surface area (Å²) in [6.07, 6.45) is 2.69. The summed E-state index contributed by atoms with van der Waals surface area (Å²) < 4.78 is 0. The molecule has 1 aliphatic heterocycles. The van der Waals surface area contributed by atoms with Gasteiger partial charge in [0.25, 0.3) is 0 Å². The van der Waals surface area contributed by atoms with Crippen molar-refractivity contribution in [3.63, 3.8) is 0 Å². The van der Waals surface area contributed by atoms with Crippen LogP contribution in [0.15, 0.2) is 34.8 Å². The highest BCUT2D eigenvalue weighted by molar-refractivity contribution is 6.33. The van der Waals surface area contributed by atoms with E-state index in [1.165, 1.54) is 0 Å². The second-order valence-corrected chi connectivity index (χ2v) is 4.15. The first-order valence-electron chi connectivity index (χ1n) is 5.47. The number of carbonyl (C=O) groups is 1. The molecule has 2 N–H and O–H groups in total.